The van der Waals surface area contributed by atoms with E-state index in [1.807, 2.05) is 6.08 Å². The maximum Gasteiger partial charge on any atom is 0.102 e. The summed E-state index contributed by atoms with van der Waals surface area (Å²) < 4.78 is 0. The molecule has 3 nitrogen and oxygen atoms in total. The third-order valence-electron chi connectivity index (χ3n) is 10.7. The lowest BCUT2D eigenvalue weighted by atomic mass is 9.45. The standard InChI is InChI=1S/C28H46O3/c1-16(2)17(3)7-8-18(4)20-9-10-21-24-22(12-14-27(20,21)5)28(6)13-11-19(29)15-23(28)25(30)26(24)31/h7-8,15-22,24-26,29-31H,9-14H2,1-6H3/b8-7+/t17?,18-,19+,20-,21+,22+,24?,25+,26+,27-,28-/m1/s1. The van der Waals surface area contributed by atoms with Crippen LogP contribution in [0.4, 0.5) is 0 Å². The average Bonchev–Trinajstić information content (AvgIpc) is 3.08. The van der Waals surface area contributed by atoms with Crippen molar-refractivity contribution in [2.24, 2.45) is 52.3 Å². The van der Waals surface area contributed by atoms with Crippen LogP contribution in [0.15, 0.2) is 23.8 Å². The number of rotatable bonds is 4. The number of hydrogen-bond donors (Lipinski definition) is 3. The molecule has 4 aliphatic rings. The van der Waals surface area contributed by atoms with Crippen molar-refractivity contribution in [2.45, 2.75) is 98.4 Å². The second-order valence-electron chi connectivity index (χ2n) is 12.4. The smallest absolute Gasteiger partial charge is 0.102 e. The highest BCUT2D eigenvalue weighted by atomic mass is 16.3. The van der Waals surface area contributed by atoms with Crippen LogP contribution in [0.2, 0.25) is 0 Å². The van der Waals surface area contributed by atoms with Gasteiger partial charge in [-0.3, -0.25) is 0 Å². The van der Waals surface area contributed by atoms with Crippen LogP contribution in [0.1, 0.15) is 80.1 Å². The van der Waals surface area contributed by atoms with E-state index in [1.54, 1.807) is 0 Å². The Labute approximate surface area is 190 Å². The van der Waals surface area contributed by atoms with Crippen molar-refractivity contribution >= 4 is 0 Å². The average molecular weight is 431 g/mol. The lowest BCUT2D eigenvalue weighted by molar-refractivity contribution is -0.151. The first-order valence-corrected chi connectivity index (χ1v) is 13.0. The second-order valence-corrected chi connectivity index (χ2v) is 12.4. The zero-order chi connectivity index (χ0) is 22.7. The molecule has 2 unspecified atom stereocenters. The van der Waals surface area contributed by atoms with Crippen molar-refractivity contribution in [1.82, 2.24) is 0 Å². The van der Waals surface area contributed by atoms with E-state index in [9.17, 15) is 15.3 Å². The van der Waals surface area contributed by atoms with E-state index in [0.29, 0.717) is 35.5 Å². The van der Waals surface area contributed by atoms with E-state index >= 15 is 0 Å². The van der Waals surface area contributed by atoms with Crippen molar-refractivity contribution in [3.63, 3.8) is 0 Å². The fourth-order valence-corrected chi connectivity index (χ4v) is 8.33. The zero-order valence-corrected chi connectivity index (χ0v) is 20.6. The molecule has 0 aromatic rings. The van der Waals surface area contributed by atoms with Crippen LogP contribution in [-0.4, -0.2) is 33.6 Å². The van der Waals surface area contributed by atoms with E-state index in [1.165, 1.54) is 19.3 Å². The van der Waals surface area contributed by atoms with Gasteiger partial charge < -0.3 is 15.3 Å². The van der Waals surface area contributed by atoms with Crippen molar-refractivity contribution in [1.29, 1.82) is 0 Å². The molecular formula is C28H46O3. The molecule has 4 aliphatic carbocycles. The summed E-state index contributed by atoms with van der Waals surface area (Å²) >= 11 is 0. The Hall–Kier alpha value is -0.640. The Kier molecular flexibility index (Phi) is 6.29. The zero-order valence-electron chi connectivity index (χ0n) is 20.6. The van der Waals surface area contributed by atoms with Gasteiger partial charge in [0.2, 0.25) is 0 Å². The first kappa shape index (κ1) is 23.5. The second kappa shape index (κ2) is 8.29. The van der Waals surface area contributed by atoms with Crippen molar-refractivity contribution in [2.75, 3.05) is 0 Å². The van der Waals surface area contributed by atoms with Gasteiger partial charge in [0, 0.05) is 0 Å². The summed E-state index contributed by atoms with van der Waals surface area (Å²) in [5.74, 6) is 3.53. The van der Waals surface area contributed by atoms with Gasteiger partial charge in [0.15, 0.2) is 0 Å². The Balaban J connectivity index is 1.60. The van der Waals surface area contributed by atoms with Gasteiger partial charge in [-0.05, 0) is 96.4 Å². The molecule has 3 heteroatoms. The summed E-state index contributed by atoms with van der Waals surface area (Å²) in [6.07, 6.45) is 11.2. The lowest BCUT2D eigenvalue weighted by Gasteiger charge is -2.61. The van der Waals surface area contributed by atoms with Crippen LogP contribution in [0.25, 0.3) is 0 Å². The van der Waals surface area contributed by atoms with Crippen LogP contribution in [0.5, 0.6) is 0 Å². The van der Waals surface area contributed by atoms with Crippen LogP contribution >= 0.6 is 0 Å². The molecule has 0 aliphatic heterocycles. The molecule has 3 N–H and O–H groups in total. The quantitative estimate of drug-likeness (QED) is 0.527. The molecule has 0 aromatic carbocycles. The normalized spacial score (nSPS) is 49.4. The molecule has 3 saturated carbocycles. The molecule has 0 radical (unpaired) electrons. The van der Waals surface area contributed by atoms with Gasteiger partial charge in [-0.25, -0.2) is 0 Å². The summed E-state index contributed by atoms with van der Waals surface area (Å²) in [5, 5.41) is 32.7. The minimum Gasteiger partial charge on any atom is -0.390 e. The summed E-state index contributed by atoms with van der Waals surface area (Å²) in [4.78, 5) is 0. The molecule has 0 spiro atoms. The van der Waals surface area contributed by atoms with Crippen LogP contribution < -0.4 is 0 Å². The predicted molar refractivity (Wildman–Crippen MR) is 126 cm³/mol. The highest BCUT2D eigenvalue weighted by Gasteiger charge is 2.63. The molecule has 0 heterocycles. The third kappa shape index (κ3) is 3.67. The first-order chi connectivity index (χ1) is 14.5. The Morgan fingerprint density at radius 3 is 2.29 bits per heavy atom. The highest BCUT2D eigenvalue weighted by molar-refractivity contribution is 5.31. The Morgan fingerprint density at radius 2 is 1.61 bits per heavy atom. The third-order valence-corrected chi connectivity index (χ3v) is 10.7. The number of hydrogen-bond acceptors (Lipinski definition) is 3. The van der Waals surface area contributed by atoms with E-state index in [4.69, 9.17) is 0 Å². The minimum atomic E-state index is -0.827. The Bertz CT molecular complexity index is 726. The molecule has 0 amide bonds. The summed E-state index contributed by atoms with van der Waals surface area (Å²) in [6, 6.07) is 0. The molecule has 0 bridgehead atoms. The summed E-state index contributed by atoms with van der Waals surface area (Å²) in [5.41, 5.74) is 1.07. The van der Waals surface area contributed by atoms with E-state index < -0.39 is 18.3 Å². The van der Waals surface area contributed by atoms with Gasteiger partial charge in [-0.1, -0.05) is 59.8 Å². The first-order valence-electron chi connectivity index (χ1n) is 13.0. The van der Waals surface area contributed by atoms with Gasteiger partial charge >= 0.3 is 0 Å². The van der Waals surface area contributed by atoms with Crippen LogP contribution in [-0.2, 0) is 0 Å². The van der Waals surface area contributed by atoms with Gasteiger partial charge in [-0.15, -0.1) is 0 Å². The monoisotopic (exact) mass is 430 g/mol. The van der Waals surface area contributed by atoms with E-state index in [-0.39, 0.29) is 16.7 Å². The van der Waals surface area contributed by atoms with Gasteiger partial charge in [0.1, 0.15) is 6.10 Å². The largest absolute Gasteiger partial charge is 0.390 e. The number of aliphatic hydroxyl groups is 3. The van der Waals surface area contributed by atoms with Crippen LogP contribution in [0, 0.1) is 52.3 Å². The van der Waals surface area contributed by atoms with E-state index in [2.05, 4.69) is 53.7 Å². The summed E-state index contributed by atoms with van der Waals surface area (Å²) in [6.45, 7) is 14.1. The molecule has 31 heavy (non-hydrogen) atoms. The fraction of sp³-hybridized carbons (Fsp3) is 0.857. The Morgan fingerprint density at radius 1 is 0.903 bits per heavy atom. The fourth-order valence-electron chi connectivity index (χ4n) is 8.33. The highest BCUT2D eigenvalue weighted by Crippen LogP contribution is 2.67. The molecule has 176 valence electrons. The number of allylic oxidation sites excluding steroid dienone is 2. The maximum absolute atomic E-state index is 11.3. The molecule has 4 rings (SSSR count). The van der Waals surface area contributed by atoms with Crippen molar-refractivity contribution in [3.8, 4) is 0 Å². The minimum absolute atomic E-state index is 0.0832. The molecule has 0 aromatic heterocycles. The van der Waals surface area contributed by atoms with Gasteiger partial charge in [0.25, 0.3) is 0 Å². The topological polar surface area (TPSA) is 60.7 Å². The van der Waals surface area contributed by atoms with Crippen LogP contribution in [0.3, 0.4) is 0 Å². The predicted octanol–water partition coefficient (Wildman–Crippen LogP) is 5.35. The lowest BCUT2D eigenvalue weighted by Crippen LogP contribution is -2.60. The van der Waals surface area contributed by atoms with Crippen molar-refractivity contribution in [3.05, 3.63) is 23.8 Å². The molecule has 11 atom stereocenters. The maximum atomic E-state index is 11.3. The number of fused-ring (bicyclic) bond motifs is 5. The van der Waals surface area contributed by atoms with Crippen molar-refractivity contribution < 1.29 is 15.3 Å². The van der Waals surface area contributed by atoms with Gasteiger partial charge in [0.05, 0.1) is 12.2 Å². The molecule has 0 saturated heterocycles. The SMILES string of the molecule is CC(C)C(C)/C=C/[C@@H](C)[C@H]1CC[C@H]2C3[C@H](O)[C@@H](O)C4=C[C@@H](O)CC[C@]4(C)[C@H]3CC[C@]12C. The molecular weight excluding hydrogens is 384 g/mol. The van der Waals surface area contributed by atoms with E-state index in [0.717, 1.165) is 24.8 Å². The number of aliphatic hydroxyl groups excluding tert-OH is 3. The van der Waals surface area contributed by atoms with Gasteiger partial charge in [-0.2, -0.15) is 0 Å². The summed E-state index contributed by atoms with van der Waals surface area (Å²) in [7, 11) is 0. The molecule has 3 fully saturated rings.